The smallest absolute Gasteiger partial charge is 0.0438 e. The van der Waals surface area contributed by atoms with Crippen LogP contribution in [0, 0.1) is 5.41 Å². The normalized spacial score (nSPS) is 18.9. The van der Waals surface area contributed by atoms with Crippen LogP contribution in [0.2, 0.25) is 5.02 Å². The van der Waals surface area contributed by atoms with E-state index in [9.17, 15) is 0 Å². The molecule has 0 aromatic heterocycles. The minimum atomic E-state index is 0.444. The zero-order chi connectivity index (χ0) is 11.4. The predicted molar refractivity (Wildman–Crippen MR) is 70.0 cm³/mol. The van der Waals surface area contributed by atoms with Crippen molar-refractivity contribution in [2.75, 3.05) is 13.6 Å². The minimum Gasteiger partial charge on any atom is -0.319 e. The van der Waals surface area contributed by atoms with Crippen molar-refractivity contribution in [3.05, 3.63) is 34.9 Å². The van der Waals surface area contributed by atoms with Gasteiger partial charge >= 0.3 is 0 Å². The van der Waals surface area contributed by atoms with Crippen molar-refractivity contribution < 1.29 is 0 Å². The third-order valence-electron chi connectivity index (χ3n) is 3.74. The summed E-state index contributed by atoms with van der Waals surface area (Å²) in [6.45, 7) is 1.11. The first-order chi connectivity index (χ1) is 7.76. The lowest BCUT2D eigenvalue weighted by Gasteiger charge is -2.29. The molecule has 0 saturated heterocycles. The van der Waals surface area contributed by atoms with Gasteiger partial charge in [-0.25, -0.2) is 0 Å². The Hall–Kier alpha value is -0.530. The van der Waals surface area contributed by atoms with E-state index in [0.717, 1.165) is 18.0 Å². The molecule has 1 saturated carbocycles. The molecule has 0 spiro atoms. The van der Waals surface area contributed by atoms with Gasteiger partial charge in [0, 0.05) is 11.6 Å². The van der Waals surface area contributed by atoms with E-state index in [1.165, 1.54) is 31.2 Å². The Labute approximate surface area is 103 Å². The van der Waals surface area contributed by atoms with Crippen LogP contribution < -0.4 is 5.32 Å². The Bertz CT molecular complexity index is 342. The van der Waals surface area contributed by atoms with E-state index in [-0.39, 0.29) is 0 Å². The maximum Gasteiger partial charge on any atom is 0.0438 e. The van der Waals surface area contributed by atoms with Crippen LogP contribution in [0.25, 0.3) is 0 Å². The second-order valence-electron chi connectivity index (χ2n) is 5.01. The Kier molecular flexibility index (Phi) is 3.88. The number of benzene rings is 1. The molecule has 16 heavy (non-hydrogen) atoms. The largest absolute Gasteiger partial charge is 0.319 e. The molecule has 1 nitrogen and oxygen atoms in total. The molecule has 0 bridgehead atoms. The number of halogens is 1. The summed E-state index contributed by atoms with van der Waals surface area (Å²) in [5, 5.41) is 4.27. The summed E-state index contributed by atoms with van der Waals surface area (Å²) in [6, 6.07) is 8.26. The van der Waals surface area contributed by atoms with E-state index < -0.39 is 0 Å². The topological polar surface area (TPSA) is 12.0 Å². The highest BCUT2D eigenvalue weighted by Gasteiger charge is 2.33. The van der Waals surface area contributed by atoms with Gasteiger partial charge in [0.15, 0.2) is 0 Å². The standard InChI is InChI=1S/C14H20ClN/c1-16-11-14(8-4-5-9-14)10-12-6-2-3-7-13(12)15/h2-3,6-7,16H,4-5,8-11H2,1H3. The molecule has 2 rings (SSSR count). The molecule has 0 radical (unpaired) electrons. The highest BCUT2D eigenvalue weighted by atomic mass is 35.5. The van der Waals surface area contributed by atoms with E-state index in [1.807, 2.05) is 19.2 Å². The Morgan fingerprint density at radius 1 is 1.25 bits per heavy atom. The minimum absolute atomic E-state index is 0.444. The highest BCUT2D eigenvalue weighted by molar-refractivity contribution is 6.31. The number of rotatable bonds is 4. The molecular formula is C14H20ClN. The summed E-state index contributed by atoms with van der Waals surface area (Å²) in [5.41, 5.74) is 1.75. The zero-order valence-electron chi connectivity index (χ0n) is 9.93. The van der Waals surface area contributed by atoms with Gasteiger partial charge in [-0.3, -0.25) is 0 Å². The molecular weight excluding hydrogens is 218 g/mol. The van der Waals surface area contributed by atoms with E-state index in [4.69, 9.17) is 11.6 Å². The van der Waals surface area contributed by atoms with Crippen LogP contribution in [0.15, 0.2) is 24.3 Å². The maximum atomic E-state index is 6.24. The van der Waals surface area contributed by atoms with Crippen LogP contribution in [-0.4, -0.2) is 13.6 Å². The van der Waals surface area contributed by atoms with E-state index in [2.05, 4.69) is 17.4 Å². The molecule has 0 unspecified atom stereocenters. The van der Waals surface area contributed by atoms with Crippen molar-refractivity contribution in [2.24, 2.45) is 5.41 Å². The summed E-state index contributed by atoms with van der Waals surface area (Å²) >= 11 is 6.24. The molecule has 0 aliphatic heterocycles. The molecule has 88 valence electrons. The van der Waals surface area contributed by atoms with Crippen LogP contribution in [0.4, 0.5) is 0 Å². The van der Waals surface area contributed by atoms with Crippen molar-refractivity contribution in [3.8, 4) is 0 Å². The van der Waals surface area contributed by atoms with Gasteiger partial charge in [0.05, 0.1) is 0 Å². The van der Waals surface area contributed by atoms with Gasteiger partial charge < -0.3 is 5.32 Å². The lowest BCUT2D eigenvalue weighted by Crippen LogP contribution is -2.32. The molecule has 1 aromatic rings. The van der Waals surface area contributed by atoms with Gasteiger partial charge in [-0.1, -0.05) is 42.6 Å². The van der Waals surface area contributed by atoms with Crippen molar-refractivity contribution in [2.45, 2.75) is 32.1 Å². The summed E-state index contributed by atoms with van der Waals surface area (Å²) in [5.74, 6) is 0. The third-order valence-corrected chi connectivity index (χ3v) is 4.11. The number of hydrogen-bond acceptors (Lipinski definition) is 1. The van der Waals surface area contributed by atoms with Crippen molar-refractivity contribution in [1.29, 1.82) is 0 Å². The van der Waals surface area contributed by atoms with Crippen LogP contribution >= 0.6 is 11.6 Å². The molecule has 1 aliphatic carbocycles. The predicted octanol–water partition coefficient (Wildman–Crippen LogP) is 3.66. The van der Waals surface area contributed by atoms with Crippen molar-refractivity contribution in [1.82, 2.24) is 5.32 Å². The Balaban J connectivity index is 2.14. The number of nitrogens with one attached hydrogen (secondary N) is 1. The van der Waals surface area contributed by atoms with E-state index in [1.54, 1.807) is 0 Å². The first kappa shape index (κ1) is 11.9. The fourth-order valence-corrected chi connectivity index (χ4v) is 3.16. The van der Waals surface area contributed by atoms with Gasteiger partial charge in [-0.2, -0.15) is 0 Å². The van der Waals surface area contributed by atoms with Gasteiger partial charge in [0.25, 0.3) is 0 Å². The van der Waals surface area contributed by atoms with Crippen LogP contribution in [0.1, 0.15) is 31.2 Å². The first-order valence-corrected chi connectivity index (χ1v) is 6.52. The van der Waals surface area contributed by atoms with Crippen molar-refractivity contribution >= 4 is 11.6 Å². The highest BCUT2D eigenvalue weighted by Crippen LogP contribution is 2.41. The number of hydrogen-bond donors (Lipinski definition) is 1. The van der Waals surface area contributed by atoms with E-state index in [0.29, 0.717) is 5.41 Å². The summed E-state index contributed by atoms with van der Waals surface area (Å²) in [6.07, 6.45) is 6.52. The summed E-state index contributed by atoms with van der Waals surface area (Å²) in [4.78, 5) is 0. The van der Waals surface area contributed by atoms with Crippen LogP contribution in [-0.2, 0) is 6.42 Å². The molecule has 1 aromatic carbocycles. The molecule has 0 heterocycles. The fourth-order valence-electron chi connectivity index (χ4n) is 2.96. The molecule has 1 N–H and O–H groups in total. The van der Waals surface area contributed by atoms with Gasteiger partial charge in [0.1, 0.15) is 0 Å². The second-order valence-corrected chi connectivity index (χ2v) is 5.41. The molecule has 1 fully saturated rings. The maximum absolute atomic E-state index is 6.24. The molecule has 0 amide bonds. The Morgan fingerprint density at radius 2 is 1.94 bits per heavy atom. The zero-order valence-corrected chi connectivity index (χ0v) is 10.7. The third kappa shape index (κ3) is 2.58. The lowest BCUT2D eigenvalue weighted by atomic mass is 9.80. The Morgan fingerprint density at radius 3 is 2.56 bits per heavy atom. The van der Waals surface area contributed by atoms with E-state index >= 15 is 0 Å². The monoisotopic (exact) mass is 237 g/mol. The fraction of sp³-hybridized carbons (Fsp3) is 0.571. The quantitative estimate of drug-likeness (QED) is 0.843. The molecule has 2 heteroatoms. The SMILES string of the molecule is CNCC1(Cc2ccccc2Cl)CCCC1. The molecule has 0 atom stereocenters. The average molecular weight is 238 g/mol. The van der Waals surface area contributed by atoms with Crippen LogP contribution in [0.3, 0.4) is 0 Å². The van der Waals surface area contributed by atoms with Gasteiger partial charge in [-0.15, -0.1) is 0 Å². The average Bonchev–Trinajstić information content (AvgIpc) is 2.71. The van der Waals surface area contributed by atoms with Crippen LogP contribution in [0.5, 0.6) is 0 Å². The molecule has 1 aliphatic rings. The van der Waals surface area contributed by atoms with Gasteiger partial charge in [0.2, 0.25) is 0 Å². The van der Waals surface area contributed by atoms with Gasteiger partial charge in [-0.05, 0) is 43.4 Å². The second kappa shape index (κ2) is 5.20. The summed E-state index contributed by atoms with van der Waals surface area (Å²) in [7, 11) is 2.05. The lowest BCUT2D eigenvalue weighted by molar-refractivity contribution is 0.286. The summed E-state index contributed by atoms with van der Waals surface area (Å²) < 4.78 is 0. The van der Waals surface area contributed by atoms with Crippen molar-refractivity contribution in [3.63, 3.8) is 0 Å². The first-order valence-electron chi connectivity index (χ1n) is 6.14.